The molecule has 3 nitrogen and oxygen atoms in total. The highest BCUT2D eigenvalue weighted by Gasteiger charge is 2.61. The molecule has 3 atom stereocenters. The third-order valence-corrected chi connectivity index (χ3v) is 8.00. The summed E-state index contributed by atoms with van der Waals surface area (Å²) in [4.78, 5) is 12.9. The van der Waals surface area contributed by atoms with Gasteiger partial charge in [-0.05, 0) is 59.1 Å². The first kappa shape index (κ1) is 18.6. The van der Waals surface area contributed by atoms with E-state index in [-0.39, 0.29) is 16.7 Å². The van der Waals surface area contributed by atoms with E-state index in [1.807, 2.05) is 6.07 Å². The van der Waals surface area contributed by atoms with Crippen LogP contribution in [0.3, 0.4) is 0 Å². The minimum atomic E-state index is 0.0776. The van der Waals surface area contributed by atoms with Crippen LogP contribution in [0.4, 0.5) is 0 Å². The first-order valence-electron chi connectivity index (χ1n) is 10.3. The number of amides is 1. The van der Waals surface area contributed by atoms with Gasteiger partial charge in [-0.1, -0.05) is 47.6 Å². The molecule has 1 aromatic heterocycles. The molecular formula is C24H33NO2. The molecule has 3 unspecified atom stereocenters. The summed E-state index contributed by atoms with van der Waals surface area (Å²) >= 11 is 0. The maximum absolute atomic E-state index is 12.9. The maximum Gasteiger partial charge on any atom is 0.224 e. The van der Waals surface area contributed by atoms with Gasteiger partial charge in [-0.3, -0.25) is 4.79 Å². The van der Waals surface area contributed by atoms with Crippen molar-refractivity contribution in [3.8, 4) is 0 Å². The Balaban J connectivity index is 1.52. The van der Waals surface area contributed by atoms with Crippen LogP contribution >= 0.6 is 0 Å². The van der Waals surface area contributed by atoms with Crippen LogP contribution in [0, 0.1) is 16.7 Å². The highest BCUT2D eigenvalue weighted by molar-refractivity contribution is 5.88. The van der Waals surface area contributed by atoms with Gasteiger partial charge in [0.2, 0.25) is 5.91 Å². The Bertz CT molecular complexity index is 885. The normalized spacial score (nSPS) is 29.4. The van der Waals surface area contributed by atoms with Gasteiger partial charge in [0.25, 0.3) is 0 Å². The summed E-state index contributed by atoms with van der Waals surface area (Å²) in [6.45, 7) is 13.8. The lowest BCUT2D eigenvalue weighted by Gasteiger charge is -2.39. The van der Waals surface area contributed by atoms with Gasteiger partial charge < -0.3 is 9.73 Å². The van der Waals surface area contributed by atoms with Crippen molar-refractivity contribution in [2.45, 2.75) is 78.7 Å². The fourth-order valence-electron chi connectivity index (χ4n) is 5.53. The fourth-order valence-corrected chi connectivity index (χ4v) is 5.53. The van der Waals surface area contributed by atoms with Gasteiger partial charge in [0.1, 0.15) is 5.58 Å². The Kier molecular flexibility index (Phi) is 4.04. The zero-order chi connectivity index (χ0) is 19.6. The van der Waals surface area contributed by atoms with Crippen LogP contribution in [-0.2, 0) is 16.6 Å². The van der Waals surface area contributed by atoms with E-state index in [9.17, 15) is 4.79 Å². The predicted molar refractivity (Wildman–Crippen MR) is 110 cm³/mol. The number of carbonyl (C=O) groups excluding carboxylic acids is 1. The number of hydrogen-bond acceptors (Lipinski definition) is 2. The van der Waals surface area contributed by atoms with E-state index in [1.165, 1.54) is 18.4 Å². The maximum atomic E-state index is 12.9. The first-order valence-corrected chi connectivity index (χ1v) is 10.3. The van der Waals surface area contributed by atoms with Crippen molar-refractivity contribution in [3.05, 3.63) is 35.6 Å². The van der Waals surface area contributed by atoms with Crippen molar-refractivity contribution in [2.24, 2.45) is 16.7 Å². The van der Waals surface area contributed by atoms with Crippen LogP contribution in [0.15, 0.2) is 28.9 Å². The van der Waals surface area contributed by atoms with Crippen LogP contribution in [0.2, 0.25) is 0 Å². The molecule has 1 aromatic carbocycles. The number of hydrogen-bond donors (Lipinski definition) is 1. The summed E-state index contributed by atoms with van der Waals surface area (Å²) < 4.78 is 5.71. The summed E-state index contributed by atoms with van der Waals surface area (Å²) in [7, 11) is 0. The van der Waals surface area contributed by atoms with Crippen molar-refractivity contribution in [3.63, 3.8) is 0 Å². The van der Waals surface area contributed by atoms with Crippen LogP contribution < -0.4 is 5.32 Å². The van der Waals surface area contributed by atoms with Crippen LogP contribution in [-0.4, -0.2) is 11.9 Å². The van der Waals surface area contributed by atoms with Gasteiger partial charge in [0.15, 0.2) is 0 Å². The van der Waals surface area contributed by atoms with E-state index in [0.717, 1.165) is 28.9 Å². The Morgan fingerprint density at radius 1 is 1.26 bits per heavy atom. The first-order chi connectivity index (χ1) is 12.5. The quantitative estimate of drug-likeness (QED) is 0.767. The number of rotatable bonds is 3. The van der Waals surface area contributed by atoms with Crippen molar-refractivity contribution < 1.29 is 9.21 Å². The molecule has 2 saturated carbocycles. The molecule has 27 heavy (non-hydrogen) atoms. The smallest absolute Gasteiger partial charge is 0.224 e. The number of carbonyl (C=O) groups is 1. The number of benzene rings is 1. The van der Waals surface area contributed by atoms with Crippen molar-refractivity contribution >= 4 is 16.9 Å². The van der Waals surface area contributed by atoms with Crippen molar-refractivity contribution in [1.29, 1.82) is 0 Å². The second kappa shape index (κ2) is 5.86. The van der Waals surface area contributed by atoms with Gasteiger partial charge in [-0.2, -0.15) is 0 Å². The largest absolute Gasteiger partial charge is 0.464 e. The summed E-state index contributed by atoms with van der Waals surface area (Å²) in [6, 6.07) is 6.62. The second-order valence-electron chi connectivity index (χ2n) is 10.6. The van der Waals surface area contributed by atoms with E-state index < -0.39 is 0 Å². The van der Waals surface area contributed by atoms with Gasteiger partial charge >= 0.3 is 0 Å². The Labute approximate surface area is 162 Å². The van der Waals surface area contributed by atoms with E-state index in [4.69, 9.17) is 4.42 Å². The minimum Gasteiger partial charge on any atom is -0.464 e. The molecule has 1 amide bonds. The average molecular weight is 368 g/mol. The molecule has 3 heteroatoms. The molecule has 2 aliphatic carbocycles. The van der Waals surface area contributed by atoms with E-state index in [0.29, 0.717) is 17.9 Å². The lowest BCUT2D eigenvalue weighted by Crippen LogP contribution is -2.47. The van der Waals surface area contributed by atoms with E-state index in [2.05, 4.69) is 59.0 Å². The van der Waals surface area contributed by atoms with E-state index >= 15 is 0 Å². The van der Waals surface area contributed by atoms with Crippen LogP contribution in [0.25, 0.3) is 11.0 Å². The molecule has 4 rings (SSSR count). The molecule has 0 aliphatic heterocycles. The standard InChI is InChI=1S/C24H33NO2/c1-22(2,3)16-7-8-19-18(12-16)15(14-27-19)11-21(26)25-20-13-17-9-10-24(20,6)23(17,4)5/h7-8,12,14,17,20H,9-11,13H2,1-6H3,(H,25,26). The Morgan fingerprint density at radius 2 is 2.00 bits per heavy atom. The lowest BCUT2D eigenvalue weighted by molar-refractivity contribution is -0.122. The fraction of sp³-hybridized carbons (Fsp3) is 0.625. The molecule has 2 aliphatic rings. The molecule has 0 radical (unpaired) electrons. The molecular weight excluding hydrogens is 334 g/mol. The van der Waals surface area contributed by atoms with Crippen molar-refractivity contribution in [2.75, 3.05) is 0 Å². The molecule has 2 aromatic rings. The summed E-state index contributed by atoms with van der Waals surface area (Å²) in [6.07, 6.45) is 5.79. The third-order valence-electron chi connectivity index (χ3n) is 8.00. The number of nitrogens with one attached hydrogen (secondary N) is 1. The molecule has 1 N–H and O–H groups in total. The summed E-state index contributed by atoms with van der Waals surface area (Å²) in [5.74, 6) is 0.852. The monoisotopic (exact) mass is 367 g/mol. The van der Waals surface area contributed by atoms with Crippen LogP contribution in [0.1, 0.15) is 71.9 Å². The highest BCUT2D eigenvalue weighted by atomic mass is 16.3. The number of fused-ring (bicyclic) bond motifs is 3. The third kappa shape index (κ3) is 2.81. The average Bonchev–Trinajstić information content (AvgIpc) is 3.13. The topological polar surface area (TPSA) is 42.2 Å². The Hall–Kier alpha value is -1.77. The molecule has 1 heterocycles. The Morgan fingerprint density at radius 3 is 2.59 bits per heavy atom. The van der Waals surface area contributed by atoms with Crippen LogP contribution in [0.5, 0.6) is 0 Å². The summed E-state index contributed by atoms with van der Waals surface area (Å²) in [5.41, 5.74) is 3.72. The lowest BCUT2D eigenvalue weighted by atomic mass is 9.69. The second-order valence-corrected chi connectivity index (χ2v) is 10.6. The molecule has 2 bridgehead atoms. The van der Waals surface area contributed by atoms with Gasteiger partial charge in [0.05, 0.1) is 12.7 Å². The zero-order valence-electron chi connectivity index (χ0n) is 17.6. The molecule has 2 fully saturated rings. The highest BCUT2D eigenvalue weighted by Crippen LogP contribution is 2.65. The zero-order valence-corrected chi connectivity index (χ0v) is 17.6. The minimum absolute atomic E-state index is 0.0776. The molecule has 0 spiro atoms. The van der Waals surface area contributed by atoms with Gasteiger partial charge in [-0.15, -0.1) is 0 Å². The van der Waals surface area contributed by atoms with Gasteiger partial charge in [0, 0.05) is 17.0 Å². The SMILES string of the molecule is CC(C)(C)c1ccc2occ(CC(=O)NC3CC4CCC3(C)C4(C)C)c2c1. The molecule has 0 saturated heterocycles. The van der Waals surface area contributed by atoms with Crippen molar-refractivity contribution in [1.82, 2.24) is 5.32 Å². The summed E-state index contributed by atoms with van der Waals surface area (Å²) in [5, 5.41) is 4.44. The molecule has 146 valence electrons. The number of furan rings is 1. The van der Waals surface area contributed by atoms with Gasteiger partial charge in [-0.25, -0.2) is 0 Å². The predicted octanol–water partition coefficient (Wildman–Crippen LogP) is 5.60. The van der Waals surface area contributed by atoms with E-state index in [1.54, 1.807) is 6.26 Å².